The predicted octanol–water partition coefficient (Wildman–Crippen LogP) is 4.42. The molecule has 0 bridgehead atoms. The van der Waals surface area contributed by atoms with E-state index in [4.69, 9.17) is 4.74 Å². The molecule has 25 heavy (non-hydrogen) atoms. The Bertz CT molecular complexity index is 667. The van der Waals surface area contributed by atoms with E-state index in [1.165, 1.54) is 25.7 Å². The van der Waals surface area contributed by atoms with Crippen molar-refractivity contribution in [3.63, 3.8) is 0 Å². The minimum Gasteiger partial charge on any atom is -0.374 e. The highest BCUT2D eigenvalue weighted by Crippen LogP contribution is 2.22. The number of benzene rings is 1. The number of hydrogen-bond donors (Lipinski definition) is 2. The number of pyridine rings is 1. The second-order valence-corrected chi connectivity index (χ2v) is 6.52. The lowest BCUT2D eigenvalue weighted by Crippen LogP contribution is -2.31. The van der Waals surface area contributed by atoms with Crippen LogP contribution < -0.4 is 10.6 Å². The van der Waals surface area contributed by atoms with Crippen LogP contribution in [0.3, 0.4) is 0 Å². The zero-order valence-corrected chi connectivity index (χ0v) is 14.6. The summed E-state index contributed by atoms with van der Waals surface area (Å²) in [5.74, 6) is 0. The van der Waals surface area contributed by atoms with Gasteiger partial charge in [0.2, 0.25) is 0 Å². The van der Waals surface area contributed by atoms with Crippen LogP contribution in [-0.2, 0) is 11.3 Å². The molecule has 0 aliphatic heterocycles. The van der Waals surface area contributed by atoms with E-state index in [2.05, 4.69) is 15.6 Å². The molecule has 0 unspecified atom stereocenters. The third kappa shape index (κ3) is 5.29. The van der Waals surface area contributed by atoms with Gasteiger partial charge in [0.05, 0.1) is 18.8 Å². The van der Waals surface area contributed by atoms with Gasteiger partial charge in [-0.2, -0.15) is 0 Å². The second-order valence-electron chi connectivity index (χ2n) is 6.52. The fraction of sp³-hybridized carbons (Fsp3) is 0.400. The summed E-state index contributed by atoms with van der Waals surface area (Å²) in [5, 5.41) is 5.76. The topological polar surface area (TPSA) is 63.2 Å². The lowest BCUT2D eigenvalue weighted by molar-refractivity contribution is 0.0457. The summed E-state index contributed by atoms with van der Waals surface area (Å²) in [6.45, 7) is 2.56. The first-order chi connectivity index (χ1) is 12.2. The second kappa shape index (κ2) is 8.62. The molecule has 0 saturated heterocycles. The quantitative estimate of drug-likeness (QED) is 0.818. The molecule has 2 amide bonds. The van der Waals surface area contributed by atoms with Crippen molar-refractivity contribution >= 4 is 11.7 Å². The van der Waals surface area contributed by atoms with E-state index < -0.39 is 0 Å². The van der Waals surface area contributed by atoms with Gasteiger partial charge in [-0.1, -0.05) is 31.0 Å². The van der Waals surface area contributed by atoms with Gasteiger partial charge in [-0.15, -0.1) is 0 Å². The number of aromatic nitrogens is 1. The van der Waals surface area contributed by atoms with Crippen molar-refractivity contribution in [2.75, 3.05) is 5.32 Å². The lowest BCUT2D eigenvalue weighted by atomic mass is 10.1. The normalized spacial score (nSPS) is 15.7. The molecule has 3 rings (SSSR count). The SMILES string of the molecule is C[C@@H](NC(=O)Nc1ccc(COC2CCCC2)cc1)c1cccnc1. The Kier molecular flexibility index (Phi) is 6.01. The number of nitrogens with one attached hydrogen (secondary N) is 2. The highest BCUT2D eigenvalue weighted by Gasteiger charge is 2.15. The zero-order valence-electron chi connectivity index (χ0n) is 14.6. The first kappa shape index (κ1) is 17.4. The number of nitrogens with zero attached hydrogens (tertiary/aromatic N) is 1. The monoisotopic (exact) mass is 339 g/mol. The number of carbonyl (C=O) groups is 1. The number of amides is 2. The van der Waals surface area contributed by atoms with Gasteiger partial charge >= 0.3 is 6.03 Å². The van der Waals surface area contributed by atoms with E-state index in [9.17, 15) is 4.79 Å². The molecule has 1 aliphatic rings. The summed E-state index contributed by atoms with van der Waals surface area (Å²) >= 11 is 0. The molecule has 0 spiro atoms. The van der Waals surface area contributed by atoms with Crippen LogP contribution in [0, 0.1) is 0 Å². The third-order valence-corrected chi connectivity index (χ3v) is 4.53. The molecule has 1 fully saturated rings. The van der Waals surface area contributed by atoms with Gasteiger partial charge in [0, 0.05) is 18.1 Å². The van der Waals surface area contributed by atoms with E-state index >= 15 is 0 Å². The molecular formula is C20H25N3O2. The zero-order chi connectivity index (χ0) is 17.5. The van der Waals surface area contributed by atoms with Gasteiger partial charge in [0.25, 0.3) is 0 Å². The van der Waals surface area contributed by atoms with Crippen LogP contribution >= 0.6 is 0 Å². The standard InChI is InChI=1S/C20H25N3O2/c1-15(17-5-4-12-21-13-17)22-20(24)23-18-10-8-16(9-11-18)14-25-19-6-2-3-7-19/h4-5,8-13,15,19H,2-3,6-7,14H2,1H3,(H2,22,23,24)/t15-/m1/s1. The first-order valence-corrected chi connectivity index (χ1v) is 8.89. The largest absolute Gasteiger partial charge is 0.374 e. The number of rotatable bonds is 6. The molecule has 1 aromatic carbocycles. The van der Waals surface area contributed by atoms with E-state index in [1.54, 1.807) is 12.4 Å². The van der Waals surface area contributed by atoms with E-state index in [0.717, 1.165) is 16.8 Å². The van der Waals surface area contributed by atoms with Crippen molar-refractivity contribution in [1.82, 2.24) is 10.3 Å². The summed E-state index contributed by atoms with van der Waals surface area (Å²) in [5.41, 5.74) is 2.86. The molecule has 2 N–H and O–H groups in total. The summed E-state index contributed by atoms with van der Waals surface area (Å²) < 4.78 is 5.91. The third-order valence-electron chi connectivity index (χ3n) is 4.53. The number of anilines is 1. The van der Waals surface area contributed by atoms with Crippen molar-refractivity contribution in [3.05, 3.63) is 59.9 Å². The highest BCUT2D eigenvalue weighted by molar-refractivity contribution is 5.89. The Balaban J connectivity index is 1.46. The maximum absolute atomic E-state index is 12.1. The first-order valence-electron chi connectivity index (χ1n) is 8.89. The van der Waals surface area contributed by atoms with Gasteiger partial charge in [-0.05, 0) is 49.1 Å². The van der Waals surface area contributed by atoms with Crippen molar-refractivity contribution in [2.45, 2.75) is 51.4 Å². The summed E-state index contributed by atoms with van der Waals surface area (Å²) in [6.07, 6.45) is 8.79. The fourth-order valence-electron chi connectivity index (χ4n) is 3.03. The molecule has 1 aromatic heterocycles. The summed E-state index contributed by atoms with van der Waals surface area (Å²) in [7, 11) is 0. The number of urea groups is 1. The Morgan fingerprint density at radius 3 is 2.68 bits per heavy atom. The summed E-state index contributed by atoms with van der Waals surface area (Å²) in [4.78, 5) is 16.2. The van der Waals surface area contributed by atoms with Crippen LogP contribution in [0.25, 0.3) is 0 Å². The molecule has 132 valence electrons. The van der Waals surface area contributed by atoms with Gasteiger partial charge in [0.15, 0.2) is 0 Å². The Morgan fingerprint density at radius 1 is 1.24 bits per heavy atom. The molecule has 0 radical (unpaired) electrons. The molecule has 5 heteroatoms. The van der Waals surface area contributed by atoms with Crippen LogP contribution in [0.2, 0.25) is 0 Å². The number of carbonyl (C=O) groups excluding carboxylic acids is 1. The van der Waals surface area contributed by atoms with Crippen LogP contribution in [0.1, 0.15) is 49.8 Å². The van der Waals surface area contributed by atoms with Crippen molar-refractivity contribution in [1.29, 1.82) is 0 Å². The molecular weight excluding hydrogens is 314 g/mol. The fourth-order valence-corrected chi connectivity index (χ4v) is 3.03. The van der Waals surface area contributed by atoms with Crippen LogP contribution in [0.15, 0.2) is 48.8 Å². The van der Waals surface area contributed by atoms with Crippen LogP contribution in [-0.4, -0.2) is 17.1 Å². The summed E-state index contributed by atoms with van der Waals surface area (Å²) in [6, 6.07) is 11.3. The van der Waals surface area contributed by atoms with Crippen molar-refractivity contribution in [2.24, 2.45) is 0 Å². The molecule has 5 nitrogen and oxygen atoms in total. The van der Waals surface area contributed by atoms with Gasteiger partial charge in [-0.3, -0.25) is 4.98 Å². The predicted molar refractivity (Wildman–Crippen MR) is 98.3 cm³/mol. The van der Waals surface area contributed by atoms with Gasteiger partial charge < -0.3 is 15.4 Å². The average molecular weight is 339 g/mol. The van der Waals surface area contributed by atoms with Crippen molar-refractivity contribution in [3.8, 4) is 0 Å². The Hall–Kier alpha value is -2.40. The van der Waals surface area contributed by atoms with E-state index in [1.807, 2.05) is 43.3 Å². The van der Waals surface area contributed by atoms with E-state index in [0.29, 0.717) is 12.7 Å². The average Bonchev–Trinajstić information content (AvgIpc) is 3.15. The Morgan fingerprint density at radius 2 is 2.00 bits per heavy atom. The highest BCUT2D eigenvalue weighted by atomic mass is 16.5. The van der Waals surface area contributed by atoms with E-state index in [-0.39, 0.29) is 12.1 Å². The number of hydrogen-bond acceptors (Lipinski definition) is 3. The molecule has 1 aliphatic carbocycles. The minimum absolute atomic E-state index is 0.104. The van der Waals surface area contributed by atoms with Crippen LogP contribution in [0.5, 0.6) is 0 Å². The van der Waals surface area contributed by atoms with Gasteiger partial charge in [-0.25, -0.2) is 4.79 Å². The molecule has 1 heterocycles. The lowest BCUT2D eigenvalue weighted by Gasteiger charge is -2.15. The maximum Gasteiger partial charge on any atom is 0.319 e. The Labute approximate surface area is 148 Å². The molecule has 2 aromatic rings. The molecule has 1 saturated carbocycles. The molecule has 1 atom stereocenters. The van der Waals surface area contributed by atoms with Gasteiger partial charge in [0.1, 0.15) is 0 Å². The number of ether oxygens (including phenoxy) is 1. The maximum atomic E-state index is 12.1. The van der Waals surface area contributed by atoms with Crippen LogP contribution in [0.4, 0.5) is 10.5 Å². The smallest absolute Gasteiger partial charge is 0.319 e. The minimum atomic E-state index is -0.230. The van der Waals surface area contributed by atoms with Crippen molar-refractivity contribution < 1.29 is 9.53 Å².